The van der Waals surface area contributed by atoms with E-state index in [0.717, 1.165) is 0 Å². The average Bonchev–Trinajstić information content (AvgIpc) is 3.01. The van der Waals surface area contributed by atoms with Gasteiger partial charge in [-0.25, -0.2) is 4.39 Å². The molecule has 0 aromatic heterocycles. The van der Waals surface area contributed by atoms with Crippen molar-refractivity contribution in [2.24, 2.45) is 11.8 Å². The highest BCUT2D eigenvalue weighted by Crippen LogP contribution is 2.67. The summed E-state index contributed by atoms with van der Waals surface area (Å²) in [4.78, 5) is 25.7. The molecular weight excluding hydrogens is 315 g/mol. The van der Waals surface area contributed by atoms with Gasteiger partial charge in [0.15, 0.2) is 0 Å². The number of Topliss-reactive ketones (excluding diaryl/α,β-unsaturated/α-hetero) is 1. The summed E-state index contributed by atoms with van der Waals surface area (Å²) in [5.41, 5.74) is -1.68. The van der Waals surface area contributed by atoms with Crippen molar-refractivity contribution in [3.05, 3.63) is 35.6 Å². The third-order valence-electron chi connectivity index (χ3n) is 4.98. The molecule has 1 aromatic rings. The lowest BCUT2D eigenvalue weighted by Gasteiger charge is -2.25. The van der Waals surface area contributed by atoms with Gasteiger partial charge in [0, 0.05) is 11.5 Å². The van der Waals surface area contributed by atoms with Crippen molar-refractivity contribution in [3.63, 3.8) is 0 Å². The van der Waals surface area contributed by atoms with E-state index in [2.05, 4.69) is 0 Å². The molecule has 1 aliphatic carbocycles. The Labute approximate surface area is 139 Å². The molecule has 2 saturated heterocycles. The molecular formula is C18H19FO5. The van der Waals surface area contributed by atoms with Crippen LogP contribution in [-0.4, -0.2) is 36.4 Å². The number of halogens is 1. The summed E-state index contributed by atoms with van der Waals surface area (Å²) in [5.74, 6) is -2.55. The van der Waals surface area contributed by atoms with Crippen molar-refractivity contribution in [1.82, 2.24) is 0 Å². The van der Waals surface area contributed by atoms with Crippen molar-refractivity contribution < 1.29 is 28.2 Å². The first-order valence-corrected chi connectivity index (χ1v) is 8.06. The van der Waals surface area contributed by atoms with Gasteiger partial charge in [0.25, 0.3) is 0 Å². The largest absolute Gasteiger partial charge is 0.460 e. The maximum Gasteiger partial charge on any atom is 0.311 e. The summed E-state index contributed by atoms with van der Waals surface area (Å²) in [5, 5.41) is 0. The first-order valence-electron chi connectivity index (χ1n) is 8.06. The minimum atomic E-state index is -1.24. The number of hydrogen-bond acceptors (Lipinski definition) is 5. The standard InChI is InChI=1S/C18H19FO5/c1-17(2,3)24-15(21)13-12-11-8-22-16(23-11)14(20)18(12,13)9-6-4-5-7-10(9)19/h4-7,11-13,16H,8H2,1-3H3/t11-,12+,13-,16-,18+/m1/s1. The summed E-state index contributed by atoms with van der Waals surface area (Å²) in [6, 6.07) is 6.09. The fourth-order valence-corrected chi connectivity index (χ4v) is 4.15. The molecule has 2 bridgehead atoms. The molecule has 1 saturated carbocycles. The Balaban J connectivity index is 1.80. The Hall–Kier alpha value is -1.79. The summed E-state index contributed by atoms with van der Waals surface area (Å²) in [6.07, 6.45) is -1.43. The van der Waals surface area contributed by atoms with Gasteiger partial charge in [-0.1, -0.05) is 18.2 Å². The number of carbonyl (C=O) groups excluding carboxylic acids is 2. The zero-order valence-electron chi connectivity index (χ0n) is 13.7. The average molecular weight is 334 g/mol. The van der Waals surface area contributed by atoms with Crippen LogP contribution in [0.3, 0.4) is 0 Å². The van der Waals surface area contributed by atoms with Crippen LogP contribution in [-0.2, 0) is 29.2 Å². The highest BCUT2D eigenvalue weighted by atomic mass is 19.1. The van der Waals surface area contributed by atoms with Crippen LogP contribution in [0.15, 0.2) is 24.3 Å². The molecule has 5 atom stereocenters. The zero-order chi connectivity index (χ0) is 17.3. The fraction of sp³-hybridized carbons (Fsp3) is 0.556. The first-order chi connectivity index (χ1) is 11.3. The Morgan fingerprint density at radius 2 is 2.04 bits per heavy atom. The van der Waals surface area contributed by atoms with Crippen LogP contribution in [0, 0.1) is 17.7 Å². The molecule has 3 aliphatic rings. The highest BCUT2D eigenvalue weighted by Gasteiger charge is 2.81. The van der Waals surface area contributed by atoms with Crippen LogP contribution in [0.2, 0.25) is 0 Å². The number of rotatable bonds is 2. The second-order valence-electron chi connectivity index (χ2n) is 7.59. The Bertz CT molecular complexity index is 724. The van der Waals surface area contributed by atoms with E-state index in [4.69, 9.17) is 14.2 Å². The van der Waals surface area contributed by atoms with E-state index in [-0.39, 0.29) is 18.0 Å². The molecule has 0 radical (unpaired) electrons. The Morgan fingerprint density at radius 1 is 1.33 bits per heavy atom. The molecule has 128 valence electrons. The van der Waals surface area contributed by atoms with Crippen molar-refractivity contribution in [2.75, 3.05) is 6.61 Å². The fourth-order valence-electron chi connectivity index (χ4n) is 4.15. The monoisotopic (exact) mass is 334 g/mol. The van der Waals surface area contributed by atoms with Crippen molar-refractivity contribution in [2.45, 2.75) is 44.2 Å². The molecule has 6 heteroatoms. The summed E-state index contributed by atoms with van der Waals surface area (Å²) in [6.45, 7) is 5.53. The number of benzene rings is 1. The predicted molar refractivity (Wildman–Crippen MR) is 80.5 cm³/mol. The first kappa shape index (κ1) is 15.7. The molecule has 1 aromatic carbocycles. The number of carbonyl (C=O) groups is 2. The van der Waals surface area contributed by atoms with E-state index in [9.17, 15) is 14.0 Å². The minimum Gasteiger partial charge on any atom is -0.460 e. The summed E-state index contributed by atoms with van der Waals surface area (Å²) in [7, 11) is 0. The van der Waals surface area contributed by atoms with Crippen LogP contribution < -0.4 is 0 Å². The van der Waals surface area contributed by atoms with Gasteiger partial charge >= 0.3 is 5.97 Å². The van der Waals surface area contributed by atoms with Crippen LogP contribution in [0.4, 0.5) is 4.39 Å². The van der Waals surface area contributed by atoms with Gasteiger partial charge in [0.2, 0.25) is 12.1 Å². The van der Waals surface area contributed by atoms with Crippen molar-refractivity contribution >= 4 is 11.8 Å². The van der Waals surface area contributed by atoms with E-state index < -0.39 is 47.0 Å². The SMILES string of the molecule is CC(C)(C)OC(=O)[C@H]1[C@@H]2[C@H]3CO[C@H](O3)C(=O)[C@@]21c1ccccc1F. The summed E-state index contributed by atoms with van der Waals surface area (Å²) >= 11 is 0. The second-order valence-corrected chi connectivity index (χ2v) is 7.59. The van der Waals surface area contributed by atoms with E-state index in [1.54, 1.807) is 39.0 Å². The predicted octanol–water partition coefficient (Wildman–Crippen LogP) is 1.98. The van der Waals surface area contributed by atoms with Gasteiger partial charge < -0.3 is 14.2 Å². The van der Waals surface area contributed by atoms with Gasteiger partial charge in [-0.2, -0.15) is 0 Å². The lowest BCUT2D eigenvalue weighted by molar-refractivity contribution is -0.159. The van der Waals surface area contributed by atoms with Crippen LogP contribution in [0.25, 0.3) is 0 Å². The van der Waals surface area contributed by atoms with Crippen molar-refractivity contribution in [1.29, 1.82) is 0 Å². The lowest BCUT2D eigenvalue weighted by atomic mass is 9.84. The van der Waals surface area contributed by atoms with Crippen LogP contribution in [0.1, 0.15) is 26.3 Å². The molecule has 5 nitrogen and oxygen atoms in total. The molecule has 0 N–H and O–H groups in total. The van der Waals surface area contributed by atoms with Gasteiger partial charge in [0.05, 0.1) is 24.0 Å². The van der Waals surface area contributed by atoms with Crippen LogP contribution in [0.5, 0.6) is 0 Å². The molecule has 2 heterocycles. The van der Waals surface area contributed by atoms with Gasteiger partial charge in [-0.05, 0) is 26.8 Å². The smallest absolute Gasteiger partial charge is 0.311 e. The van der Waals surface area contributed by atoms with E-state index in [1.807, 2.05) is 0 Å². The number of esters is 1. The van der Waals surface area contributed by atoms with Gasteiger partial charge in [-0.15, -0.1) is 0 Å². The highest BCUT2D eigenvalue weighted by molar-refractivity contribution is 6.04. The molecule has 3 fully saturated rings. The number of ether oxygens (including phenoxy) is 3. The third kappa shape index (κ3) is 1.99. The van der Waals surface area contributed by atoms with Crippen molar-refractivity contribution in [3.8, 4) is 0 Å². The Kier molecular flexibility index (Phi) is 3.19. The second kappa shape index (κ2) is 4.86. The number of fused-ring (bicyclic) bond motifs is 4. The van der Waals surface area contributed by atoms with E-state index in [0.29, 0.717) is 0 Å². The number of ketones is 1. The third-order valence-corrected chi connectivity index (χ3v) is 4.98. The molecule has 0 unspecified atom stereocenters. The Morgan fingerprint density at radius 3 is 2.71 bits per heavy atom. The molecule has 4 rings (SSSR count). The number of hydrogen-bond donors (Lipinski definition) is 0. The quantitative estimate of drug-likeness (QED) is 0.774. The van der Waals surface area contributed by atoms with Gasteiger partial charge in [-0.3, -0.25) is 9.59 Å². The van der Waals surface area contributed by atoms with Crippen LogP contribution >= 0.6 is 0 Å². The lowest BCUT2D eigenvalue weighted by Crippen LogP contribution is -2.41. The maximum atomic E-state index is 14.5. The molecule has 0 amide bonds. The zero-order valence-corrected chi connectivity index (χ0v) is 13.7. The molecule has 24 heavy (non-hydrogen) atoms. The molecule has 2 aliphatic heterocycles. The topological polar surface area (TPSA) is 61.8 Å². The van der Waals surface area contributed by atoms with E-state index in [1.165, 1.54) is 6.07 Å². The summed E-state index contributed by atoms with van der Waals surface area (Å²) < 4.78 is 30.9. The minimum absolute atomic E-state index is 0.233. The molecule has 0 spiro atoms. The maximum absolute atomic E-state index is 14.5. The van der Waals surface area contributed by atoms with Gasteiger partial charge in [0.1, 0.15) is 11.4 Å². The van der Waals surface area contributed by atoms with E-state index >= 15 is 0 Å². The normalized spacial score (nSPS) is 37.1.